The minimum atomic E-state index is -0.585. The van der Waals surface area contributed by atoms with Crippen molar-refractivity contribution in [2.45, 2.75) is 18.2 Å². The Morgan fingerprint density at radius 1 is 1.43 bits per heavy atom. The van der Waals surface area contributed by atoms with Crippen LogP contribution in [0, 0.1) is 11.6 Å². The van der Waals surface area contributed by atoms with Crippen molar-refractivity contribution in [2.24, 2.45) is 0 Å². The SMILES string of the molecule is CC(=O)CCSc1ccc(F)cc1F. The standard InChI is InChI=1S/C10H10F2OS/c1-7(13)4-5-14-10-3-2-8(11)6-9(10)12/h2-3,6H,4-5H2,1H3. The van der Waals surface area contributed by atoms with Crippen LogP contribution in [0.5, 0.6) is 0 Å². The van der Waals surface area contributed by atoms with Gasteiger partial charge >= 0.3 is 0 Å². The van der Waals surface area contributed by atoms with Gasteiger partial charge in [0.25, 0.3) is 0 Å². The summed E-state index contributed by atoms with van der Waals surface area (Å²) < 4.78 is 25.5. The molecule has 0 aromatic heterocycles. The first-order chi connectivity index (χ1) is 6.59. The van der Waals surface area contributed by atoms with Crippen LogP contribution in [0.15, 0.2) is 23.1 Å². The van der Waals surface area contributed by atoms with Crippen LogP contribution in [-0.4, -0.2) is 11.5 Å². The van der Waals surface area contributed by atoms with E-state index in [1.54, 1.807) is 0 Å². The van der Waals surface area contributed by atoms with Crippen molar-refractivity contribution in [3.8, 4) is 0 Å². The predicted molar refractivity (Wildman–Crippen MR) is 52.4 cm³/mol. The third-order valence-corrected chi connectivity index (χ3v) is 2.66. The molecule has 1 aromatic carbocycles. The van der Waals surface area contributed by atoms with Gasteiger partial charge in [-0.15, -0.1) is 11.8 Å². The molecule has 0 radical (unpaired) electrons. The molecule has 0 aliphatic rings. The summed E-state index contributed by atoms with van der Waals surface area (Å²) in [4.78, 5) is 11.0. The van der Waals surface area contributed by atoms with E-state index < -0.39 is 11.6 Å². The smallest absolute Gasteiger partial charge is 0.139 e. The van der Waals surface area contributed by atoms with Gasteiger partial charge in [0.2, 0.25) is 0 Å². The average Bonchev–Trinajstić information content (AvgIpc) is 2.08. The van der Waals surface area contributed by atoms with E-state index in [0.29, 0.717) is 17.1 Å². The van der Waals surface area contributed by atoms with Crippen molar-refractivity contribution in [1.82, 2.24) is 0 Å². The highest BCUT2D eigenvalue weighted by Crippen LogP contribution is 2.22. The largest absolute Gasteiger partial charge is 0.300 e. The van der Waals surface area contributed by atoms with E-state index >= 15 is 0 Å². The van der Waals surface area contributed by atoms with E-state index in [0.717, 1.165) is 6.07 Å². The van der Waals surface area contributed by atoms with Crippen LogP contribution in [0.4, 0.5) is 8.78 Å². The molecule has 0 fully saturated rings. The lowest BCUT2D eigenvalue weighted by Gasteiger charge is -2.01. The van der Waals surface area contributed by atoms with Gasteiger partial charge in [0.1, 0.15) is 17.4 Å². The molecule has 4 heteroatoms. The highest BCUT2D eigenvalue weighted by atomic mass is 32.2. The number of hydrogen-bond donors (Lipinski definition) is 0. The first kappa shape index (κ1) is 11.2. The van der Waals surface area contributed by atoms with Gasteiger partial charge in [-0.2, -0.15) is 0 Å². The number of halogens is 2. The van der Waals surface area contributed by atoms with Crippen LogP contribution in [0.25, 0.3) is 0 Å². The maximum atomic E-state index is 13.0. The second kappa shape index (κ2) is 5.10. The summed E-state index contributed by atoms with van der Waals surface area (Å²) in [5, 5.41) is 0. The number of hydrogen-bond acceptors (Lipinski definition) is 2. The summed E-state index contributed by atoms with van der Waals surface area (Å²) in [6.07, 6.45) is 0.404. The van der Waals surface area contributed by atoms with Crippen molar-refractivity contribution in [3.05, 3.63) is 29.8 Å². The first-order valence-corrected chi connectivity index (χ1v) is 5.15. The molecule has 0 unspecified atom stereocenters. The second-order valence-corrected chi connectivity index (χ2v) is 4.01. The number of carbonyl (C=O) groups excluding carboxylic acids is 1. The molecule has 0 N–H and O–H groups in total. The summed E-state index contributed by atoms with van der Waals surface area (Å²) in [6.45, 7) is 1.49. The Bertz CT molecular complexity index is 339. The minimum absolute atomic E-state index is 0.0695. The number of benzene rings is 1. The number of carbonyl (C=O) groups is 1. The zero-order valence-electron chi connectivity index (χ0n) is 7.72. The summed E-state index contributed by atoms with van der Waals surface area (Å²) >= 11 is 1.22. The Morgan fingerprint density at radius 2 is 2.14 bits per heavy atom. The Hall–Kier alpha value is -0.900. The van der Waals surface area contributed by atoms with Crippen LogP contribution in [0.1, 0.15) is 13.3 Å². The maximum Gasteiger partial charge on any atom is 0.139 e. The van der Waals surface area contributed by atoms with Gasteiger partial charge in [-0.05, 0) is 19.1 Å². The quantitative estimate of drug-likeness (QED) is 0.719. The molecule has 0 amide bonds. The van der Waals surface area contributed by atoms with Crippen LogP contribution in [0.3, 0.4) is 0 Å². The van der Waals surface area contributed by atoms with Gasteiger partial charge in [-0.3, -0.25) is 4.79 Å². The second-order valence-electron chi connectivity index (χ2n) is 2.88. The molecule has 1 nitrogen and oxygen atoms in total. The Balaban J connectivity index is 2.55. The molecule has 0 heterocycles. The van der Waals surface area contributed by atoms with Gasteiger partial charge in [0, 0.05) is 23.1 Å². The topological polar surface area (TPSA) is 17.1 Å². The van der Waals surface area contributed by atoms with Crippen molar-refractivity contribution in [3.63, 3.8) is 0 Å². The van der Waals surface area contributed by atoms with Crippen molar-refractivity contribution < 1.29 is 13.6 Å². The highest BCUT2D eigenvalue weighted by molar-refractivity contribution is 7.99. The van der Waals surface area contributed by atoms with Gasteiger partial charge in [-0.1, -0.05) is 0 Å². The fraction of sp³-hybridized carbons (Fsp3) is 0.300. The molecule has 14 heavy (non-hydrogen) atoms. The summed E-state index contributed by atoms with van der Waals surface area (Å²) in [7, 11) is 0. The van der Waals surface area contributed by atoms with Crippen molar-refractivity contribution >= 4 is 17.5 Å². The molecule has 0 spiro atoms. The van der Waals surface area contributed by atoms with Crippen LogP contribution in [0.2, 0.25) is 0 Å². The van der Waals surface area contributed by atoms with E-state index in [-0.39, 0.29) is 5.78 Å². The molecular formula is C10H10F2OS. The van der Waals surface area contributed by atoms with Crippen LogP contribution < -0.4 is 0 Å². The fourth-order valence-electron chi connectivity index (χ4n) is 0.897. The molecule has 1 rings (SSSR count). The van der Waals surface area contributed by atoms with E-state index in [2.05, 4.69) is 0 Å². The highest BCUT2D eigenvalue weighted by Gasteiger charge is 2.04. The molecule has 0 aliphatic heterocycles. The molecule has 1 aromatic rings. The Kier molecular flexibility index (Phi) is 4.07. The summed E-state index contributed by atoms with van der Waals surface area (Å²) in [5.74, 6) is -0.560. The Morgan fingerprint density at radius 3 is 2.71 bits per heavy atom. The third kappa shape index (κ3) is 3.46. The zero-order valence-corrected chi connectivity index (χ0v) is 8.54. The number of thioether (sulfide) groups is 1. The minimum Gasteiger partial charge on any atom is -0.300 e. The van der Waals surface area contributed by atoms with Gasteiger partial charge in [-0.25, -0.2) is 8.78 Å². The molecule has 0 saturated carbocycles. The molecule has 0 saturated heterocycles. The number of ketones is 1. The zero-order chi connectivity index (χ0) is 10.6. The van der Waals surface area contributed by atoms with Gasteiger partial charge in [0.15, 0.2) is 0 Å². The summed E-state index contributed by atoms with van der Waals surface area (Å²) in [6, 6.07) is 3.44. The average molecular weight is 216 g/mol. The van der Waals surface area contributed by atoms with Gasteiger partial charge < -0.3 is 0 Å². The van der Waals surface area contributed by atoms with E-state index in [1.807, 2.05) is 0 Å². The van der Waals surface area contributed by atoms with Crippen molar-refractivity contribution in [1.29, 1.82) is 0 Å². The lowest BCUT2D eigenvalue weighted by molar-refractivity contribution is -0.116. The van der Waals surface area contributed by atoms with E-state index in [9.17, 15) is 13.6 Å². The Labute approximate surface area is 85.5 Å². The summed E-state index contributed by atoms with van der Waals surface area (Å²) in [5.41, 5.74) is 0. The van der Waals surface area contributed by atoms with E-state index in [1.165, 1.54) is 30.8 Å². The fourth-order valence-corrected chi connectivity index (χ4v) is 1.87. The first-order valence-electron chi connectivity index (χ1n) is 4.17. The van der Waals surface area contributed by atoms with Crippen LogP contribution >= 0.6 is 11.8 Å². The third-order valence-electron chi connectivity index (χ3n) is 1.61. The molecule has 0 bridgehead atoms. The number of rotatable bonds is 4. The van der Waals surface area contributed by atoms with Crippen molar-refractivity contribution in [2.75, 3.05) is 5.75 Å². The lowest BCUT2D eigenvalue weighted by Crippen LogP contribution is -1.92. The number of Topliss-reactive ketones (excluding diaryl/α,β-unsaturated/α-hetero) is 1. The van der Waals surface area contributed by atoms with Gasteiger partial charge in [0.05, 0.1) is 0 Å². The van der Waals surface area contributed by atoms with Crippen LogP contribution in [-0.2, 0) is 4.79 Å². The van der Waals surface area contributed by atoms with E-state index in [4.69, 9.17) is 0 Å². The molecule has 0 aliphatic carbocycles. The predicted octanol–water partition coefficient (Wildman–Crippen LogP) is 3.04. The maximum absolute atomic E-state index is 13.0. The molecular weight excluding hydrogens is 206 g/mol. The lowest BCUT2D eigenvalue weighted by atomic mass is 10.3. The monoisotopic (exact) mass is 216 g/mol. The molecule has 76 valence electrons. The normalized spacial score (nSPS) is 10.2. The molecule has 0 atom stereocenters.